The zero-order valence-corrected chi connectivity index (χ0v) is 10.2. The molecule has 1 heterocycles. The lowest BCUT2D eigenvalue weighted by molar-refractivity contribution is -0.0585. The second-order valence-electron chi connectivity index (χ2n) is 4.82. The smallest absolute Gasteiger partial charge is 0.248 e. The van der Waals surface area contributed by atoms with E-state index in [4.69, 9.17) is 10.5 Å². The fourth-order valence-electron chi connectivity index (χ4n) is 2.25. The normalized spacial score (nSPS) is 22.7. The van der Waals surface area contributed by atoms with Crippen LogP contribution in [0.25, 0.3) is 0 Å². The van der Waals surface area contributed by atoms with Gasteiger partial charge in [0, 0.05) is 19.4 Å². The highest BCUT2D eigenvalue weighted by molar-refractivity contribution is 5.19. The Bertz CT molecular complexity index is 381. The first-order valence-electron chi connectivity index (χ1n) is 6.25. The van der Waals surface area contributed by atoms with Crippen molar-refractivity contribution >= 4 is 0 Å². The molecule has 18 heavy (non-hydrogen) atoms. The number of nitrogens with two attached hydrogens (primary N) is 1. The van der Waals surface area contributed by atoms with E-state index in [0.717, 1.165) is 12.1 Å². The van der Waals surface area contributed by atoms with Crippen LogP contribution in [0, 0.1) is 5.92 Å². The molecule has 0 spiro atoms. The van der Waals surface area contributed by atoms with Crippen LogP contribution in [0.1, 0.15) is 31.4 Å². The lowest BCUT2D eigenvalue weighted by Gasteiger charge is -2.28. The molecule has 0 aromatic carbocycles. The number of nitrogens with zero attached hydrogens (tertiary/aromatic N) is 1. The number of halogens is 2. The van der Waals surface area contributed by atoms with Crippen LogP contribution < -0.4 is 10.5 Å². The Kier molecular flexibility index (Phi) is 4.11. The number of hydrogen-bond donors (Lipinski definition) is 1. The largest absolute Gasteiger partial charge is 0.492 e. The van der Waals surface area contributed by atoms with Crippen LogP contribution in [0.4, 0.5) is 8.78 Å². The monoisotopic (exact) mass is 256 g/mol. The summed E-state index contributed by atoms with van der Waals surface area (Å²) < 4.78 is 31.9. The van der Waals surface area contributed by atoms with Gasteiger partial charge in [-0.25, -0.2) is 8.78 Å². The molecule has 1 saturated carbocycles. The van der Waals surface area contributed by atoms with Gasteiger partial charge in [-0.3, -0.25) is 4.98 Å². The molecule has 1 aromatic heterocycles. The van der Waals surface area contributed by atoms with E-state index in [-0.39, 0.29) is 18.8 Å². The maximum Gasteiger partial charge on any atom is 0.248 e. The molecule has 0 aliphatic heterocycles. The minimum absolute atomic E-state index is 0.0102. The van der Waals surface area contributed by atoms with Gasteiger partial charge < -0.3 is 10.5 Å². The summed E-state index contributed by atoms with van der Waals surface area (Å²) in [7, 11) is 0. The molecule has 1 atom stereocenters. The molecule has 0 radical (unpaired) electrons. The summed E-state index contributed by atoms with van der Waals surface area (Å²) in [5, 5.41) is 0. The first-order chi connectivity index (χ1) is 8.59. The van der Waals surface area contributed by atoms with Gasteiger partial charge in [0.05, 0.1) is 18.5 Å². The minimum Gasteiger partial charge on any atom is -0.492 e. The number of alkyl halides is 2. The summed E-state index contributed by atoms with van der Waals surface area (Å²) in [6.45, 7) is 0.717. The van der Waals surface area contributed by atoms with Gasteiger partial charge in [0.15, 0.2) is 0 Å². The third-order valence-corrected chi connectivity index (χ3v) is 3.23. The van der Waals surface area contributed by atoms with E-state index < -0.39 is 5.92 Å². The summed E-state index contributed by atoms with van der Waals surface area (Å²) in [4.78, 5) is 4.09. The van der Waals surface area contributed by atoms with Crippen molar-refractivity contribution in [3.63, 3.8) is 0 Å². The van der Waals surface area contributed by atoms with Crippen molar-refractivity contribution in [3.8, 4) is 5.75 Å². The topological polar surface area (TPSA) is 48.1 Å². The molecule has 1 unspecified atom stereocenters. The van der Waals surface area contributed by atoms with Crippen molar-refractivity contribution in [3.05, 3.63) is 24.0 Å². The fourth-order valence-corrected chi connectivity index (χ4v) is 2.25. The lowest BCUT2D eigenvalue weighted by atomic mass is 9.87. The Hall–Kier alpha value is -1.23. The van der Waals surface area contributed by atoms with E-state index in [9.17, 15) is 8.78 Å². The van der Waals surface area contributed by atoms with Crippen LogP contribution in [0.3, 0.4) is 0 Å². The van der Waals surface area contributed by atoms with Crippen molar-refractivity contribution < 1.29 is 13.5 Å². The van der Waals surface area contributed by atoms with E-state index in [1.807, 2.05) is 0 Å². The van der Waals surface area contributed by atoms with Gasteiger partial charge in [0.2, 0.25) is 5.92 Å². The summed E-state index contributed by atoms with van der Waals surface area (Å²) in [5.41, 5.74) is 6.22. The SMILES string of the molecule is NCc1ccc(OCC2CCCC(F)(F)C2)cn1. The zero-order chi connectivity index (χ0) is 13.0. The Morgan fingerprint density at radius 3 is 2.89 bits per heavy atom. The number of aromatic nitrogens is 1. The molecule has 2 rings (SSSR count). The van der Waals surface area contributed by atoms with Gasteiger partial charge in [-0.15, -0.1) is 0 Å². The summed E-state index contributed by atoms with van der Waals surface area (Å²) in [6.07, 6.45) is 2.91. The molecule has 5 heteroatoms. The third-order valence-electron chi connectivity index (χ3n) is 3.23. The third kappa shape index (κ3) is 3.63. The molecule has 2 N–H and O–H groups in total. The molecule has 1 aromatic rings. The number of pyridine rings is 1. The van der Waals surface area contributed by atoms with Crippen LogP contribution in [0.2, 0.25) is 0 Å². The van der Waals surface area contributed by atoms with E-state index in [1.54, 1.807) is 18.3 Å². The predicted molar refractivity (Wildman–Crippen MR) is 64.5 cm³/mol. The van der Waals surface area contributed by atoms with Crippen molar-refractivity contribution in [1.82, 2.24) is 4.98 Å². The van der Waals surface area contributed by atoms with Crippen LogP contribution in [0.5, 0.6) is 5.75 Å². The first kappa shape index (κ1) is 13.2. The van der Waals surface area contributed by atoms with Crippen molar-refractivity contribution in [2.24, 2.45) is 11.7 Å². The number of ether oxygens (including phenoxy) is 1. The number of hydrogen-bond acceptors (Lipinski definition) is 3. The molecule has 3 nitrogen and oxygen atoms in total. The van der Waals surface area contributed by atoms with Crippen molar-refractivity contribution in [2.45, 2.75) is 38.2 Å². The molecule has 1 fully saturated rings. The lowest BCUT2D eigenvalue weighted by Crippen LogP contribution is -2.29. The van der Waals surface area contributed by atoms with Gasteiger partial charge >= 0.3 is 0 Å². The van der Waals surface area contributed by atoms with E-state index in [0.29, 0.717) is 25.3 Å². The standard InChI is InChI=1S/C13H18F2N2O/c14-13(15)5-1-2-10(6-13)9-18-12-4-3-11(7-16)17-8-12/h3-4,8,10H,1-2,5-7,9,16H2. The predicted octanol–water partition coefficient (Wildman–Crippen LogP) is 2.74. The molecule has 0 bridgehead atoms. The average Bonchev–Trinajstić information content (AvgIpc) is 2.36. The van der Waals surface area contributed by atoms with Crippen molar-refractivity contribution in [2.75, 3.05) is 6.61 Å². The number of rotatable bonds is 4. The maximum absolute atomic E-state index is 13.2. The summed E-state index contributed by atoms with van der Waals surface area (Å²) in [6, 6.07) is 3.56. The van der Waals surface area contributed by atoms with Gasteiger partial charge in [-0.05, 0) is 30.9 Å². The minimum atomic E-state index is -2.52. The van der Waals surface area contributed by atoms with Gasteiger partial charge in [0.25, 0.3) is 0 Å². The van der Waals surface area contributed by atoms with Gasteiger partial charge in [0.1, 0.15) is 5.75 Å². The molecule has 0 saturated heterocycles. The summed E-state index contributed by atoms with van der Waals surface area (Å²) in [5.74, 6) is -1.97. The highest BCUT2D eigenvalue weighted by Gasteiger charge is 2.36. The van der Waals surface area contributed by atoms with Crippen LogP contribution in [0.15, 0.2) is 18.3 Å². The Morgan fingerprint density at radius 2 is 2.28 bits per heavy atom. The van der Waals surface area contributed by atoms with E-state index >= 15 is 0 Å². The zero-order valence-electron chi connectivity index (χ0n) is 10.2. The Morgan fingerprint density at radius 1 is 1.44 bits per heavy atom. The summed E-state index contributed by atoms with van der Waals surface area (Å²) >= 11 is 0. The fraction of sp³-hybridized carbons (Fsp3) is 0.615. The van der Waals surface area contributed by atoms with E-state index in [1.165, 1.54) is 0 Å². The molecule has 1 aliphatic rings. The molecule has 1 aliphatic carbocycles. The van der Waals surface area contributed by atoms with E-state index in [2.05, 4.69) is 4.98 Å². The quantitative estimate of drug-likeness (QED) is 0.901. The Balaban J connectivity index is 1.83. The average molecular weight is 256 g/mol. The van der Waals surface area contributed by atoms with Crippen LogP contribution in [-0.4, -0.2) is 17.5 Å². The Labute approximate surface area is 105 Å². The van der Waals surface area contributed by atoms with Crippen LogP contribution >= 0.6 is 0 Å². The van der Waals surface area contributed by atoms with Gasteiger partial charge in [-0.2, -0.15) is 0 Å². The molecular weight excluding hydrogens is 238 g/mol. The van der Waals surface area contributed by atoms with Crippen LogP contribution in [-0.2, 0) is 6.54 Å². The second kappa shape index (κ2) is 5.61. The van der Waals surface area contributed by atoms with Gasteiger partial charge in [-0.1, -0.05) is 0 Å². The highest BCUT2D eigenvalue weighted by atomic mass is 19.3. The molecule has 0 amide bonds. The highest BCUT2D eigenvalue weighted by Crippen LogP contribution is 2.36. The molecule has 100 valence electrons. The molecular formula is C13H18F2N2O. The first-order valence-corrected chi connectivity index (χ1v) is 6.25. The second-order valence-corrected chi connectivity index (χ2v) is 4.82. The van der Waals surface area contributed by atoms with Crippen molar-refractivity contribution in [1.29, 1.82) is 0 Å². The maximum atomic E-state index is 13.2.